The molecule has 0 atom stereocenters. The lowest BCUT2D eigenvalue weighted by atomic mass is 9.91. The number of nitrogens with zero attached hydrogens (tertiary/aromatic N) is 1. The Morgan fingerprint density at radius 2 is 2.00 bits per heavy atom. The molecule has 1 rings (SSSR count). The molecular weight excluding hydrogens is 194 g/mol. The van der Waals surface area contributed by atoms with Gasteiger partial charge in [-0.15, -0.1) is 0 Å². The van der Waals surface area contributed by atoms with Crippen LogP contribution in [0.3, 0.4) is 0 Å². The normalized spacial score (nSPS) is 21.7. The Balaban J connectivity index is 2.50. The highest BCUT2D eigenvalue weighted by molar-refractivity contribution is 5.79. The molecule has 15 heavy (non-hydrogen) atoms. The number of rotatable bonds is 3. The quantitative estimate of drug-likeness (QED) is 0.707. The number of piperidine rings is 1. The van der Waals surface area contributed by atoms with Gasteiger partial charge in [-0.25, -0.2) is 4.79 Å². The van der Waals surface area contributed by atoms with Crippen LogP contribution in [0, 0.1) is 0 Å². The van der Waals surface area contributed by atoms with Gasteiger partial charge >= 0.3 is 5.97 Å². The van der Waals surface area contributed by atoms with E-state index in [0.717, 1.165) is 13.1 Å². The summed E-state index contributed by atoms with van der Waals surface area (Å²) in [6.45, 7) is 7.84. The van der Waals surface area contributed by atoms with Crippen molar-refractivity contribution in [1.82, 2.24) is 4.90 Å². The summed E-state index contributed by atoms with van der Waals surface area (Å²) in [4.78, 5) is 13.8. The van der Waals surface area contributed by atoms with Crippen LogP contribution < -0.4 is 0 Å². The highest BCUT2D eigenvalue weighted by Gasteiger charge is 2.40. The van der Waals surface area contributed by atoms with Gasteiger partial charge in [0.15, 0.2) is 5.60 Å². The van der Waals surface area contributed by atoms with Gasteiger partial charge in [-0.1, -0.05) is 0 Å². The van der Waals surface area contributed by atoms with Crippen LogP contribution in [0.5, 0.6) is 0 Å². The molecule has 0 unspecified atom stereocenters. The van der Waals surface area contributed by atoms with Gasteiger partial charge in [-0.3, -0.25) is 0 Å². The molecule has 1 aliphatic heterocycles. The fraction of sp³-hybridized carbons (Fsp3) is 0.909. The van der Waals surface area contributed by atoms with Crippen molar-refractivity contribution < 1.29 is 14.6 Å². The van der Waals surface area contributed by atoms with Crippen LogP contribution in [0.4, 0.5) is 0 Å². The van der Waals surface area contributed by atoms with Crippen LogP contribution >= 0.6 is 0 Å². The minimum Gasteiger partial charge on any atom is -0.464 e. The molecule has 1 N–H and O–H groups in total. The summed E-state index contributed by atoms with van der Waals surface area (Å²) in [6.07, 6.45) is 0.952. The number of hydrogen-bond acceptors (Lipinski definition) is 4. The number of carbonyl (C=O) groups is 1. The van der Waals surface area contributed by atoms with Crippen molar-refractivity contribution >= 4 is 5.97 Å². The first-order chi connectivity index (χ1) is 6.99. The van der Waals surface area contributed by atoms with Gasteiger partial charge in [0.25, 0.3) is 0 Å². The zero-order valence-electron chi connectivity index (χ0n) is 9.82. The summed E-state index contributed by atoms with van der Waals surface area (Å²) in [5.74, 6) is -0.464. The van der Waals surface area contributed by atoms with Crippen molar-refractivity contribution in [3.63, 3.8) is 0 Å². The first-order valence-corrected chi connectivity index (χ1v) is 5.63. The first-order valence-electron chi connectivity index (χ1n) is 5.63. The number of ether oxygens (including phenoxy) is 1. The second-order valence-electron chi connectivity index (χ2n) is 4.38. The van der Waals surface area contributed by atoms with E-state index in [1.54, 1.807) is 6.92 Å². The van der Waals surface area contributed by atoms with E-state index in [-0.39, 0.29) is 0 Å². The SMILES string of the molecule is CCOC(=O)C1(O)CCN(C(C)C)CC1. The molecule has 0 aromatic heterocycles. The van der Waals surface area contributed by atoms with Crippen molar-refractivity contribution in [2.45, 2.75) is 45.3 Å². The van der Waals surface area contributed by atoms with E-state index in [0.29, 0.717) is 25.5 Å². The van der Waals surface area contributed by atoms with Crippen molar-refractivity contribution in [3.8, 4) is 0 Å². The first kappa shape index (κ1) is 12.5. The molecule has 0 bridgehead atoms. The summed E-state index contributed by atoms with van der Waals surface area (Å²) in [6, 6.07) is 0.469. The standard InChI is InChI=1S/C11H21NO3/c1-4-15-10(13)11(14)5-7-12(8-6-11)9(2)3/h9,14H,4-8H2,1-3H3. The second-order valence-corrected chi connectivity index (χ2v) is 4.38. The Hall–Kier alpha value is -0.610. The number of esters is 1. The Morgan fingerprint density at radius 3 is 2.40 bits per heavy atom. The van der Waals surface area contributed by atoms with Gasteiger partial charge in [0.1, 0.15) is 0 Å². The van der Waals surface area contributed by atoms with Gasteiger partial charge < -0.3 is 14.7 Å². The summed E-state index contributed by atoms with van der Waals surface area (Å²) in [5, 5.41) is 10.1. The lowest BCUT2D eigenvalue weighted by Crippen LogP contribution is -2.51. The number of carbonyl (C=O) groups excluding carboxylic acids is 1. The van der Waals surface area contributed by atoms with E-state index in [9.17, 15) is 9.90 Å². The smallest absolute Gasteiger partial charge is 0.338 e. The minimum absolute atomic E-state index is 0.328. The molecule has 0 spiro atoms. The Kier molecular flexibility index (Phi) is 4.11. The van der Waals surface area contributed by atoms with Gasteiger partial charge in [0, 0.05) is 19.1 Å². The number of hydrogen-bond donors (Lipinski definition) is 1. The molecule has 0 aromatic rings. The predicted octanol–water partition coefficient (Wildman–Crippen LogP) is 0.785. The predicted molar refractivity (Wildman–Crippen MR) is 57.5 cm³/mol. The Morgan fingerprint density at radius 1 is 1.47 bits per heavy atom. The van der Waals surface area contributed by atoms with Crippen LogP contribution in [0.2, 0.25) is 0 Å². The number of likely N-dealkylation sites (tertiary alicyclic amines) is 1. The molecule has 1 fully saturated rings. The Labute approximate surface area is 91.2 Å². The molecule has 0 amide bonds. The molecule has 0 saturated carbocycles. The molecule has 0 aromatic carbocycles. The van der Waals surface area contributed by atoms with E-state index in [2.05, 4.69) is 18.7 Å². The summed E-state index contributed by atoms with van der Waals surface area (Å²) in [5.41, 5.74) is -1.25. The van der Waals surface area contributed by atoms with Crippen LogP contribution in [0.1, 0.15) is 33.6 Å². The molecule has 4 heteroatoms. The third-order valence-corrected chi connectivity index (χ3v) is 3.01. The highest BCUT2D eigenvalue weighted by Crippen LogP contribution is 2.24. The highest BCUT2D eigenvalue weighted by atomic mass is 16.5. The van der Waals surface area contributed by atoms with Gasteiger partial charge in [-0.05, 0) is 33.6 Å². The lowest BCUT2D eigenvalue weighted by Gasteiger charge is -2.38. The molecule has 88 valence electrons. The third-order valence-electron chi connectivity index (χ3n) is 3.01. The average molecular weight is 215 g/mol. The van der Waals surface area contributed by atoms with Crippen LogP contribution in [-0.2, 0) is 9.53 Å². The maximum absolute atomic E-state index is 11.5. The van der Waals surface area contributed by atoms with E-state index in [1.165, 1.54) is 0 Å². The zero-order chi connectivity index (χ0) is 11.5. The third kappa shape index (κ3) is 2.92. The van der Waals surface area contributed by atoms with E-state index >= 15 is 0 Å². The second kappa shape index (κ2) is 4.94. The number of aliphatic hydroxyl groups is 1. The molecule has 0 aliphatic carbocycles. The Bertz CT molecular complexity index is 220. The van der Waals surface area contributed by atoms with Crippen molar-refractivity contribution in [1.29, 1.82) is 0 Å². The van der Waals surface area contributed by atoms with E-state index in [4.69, 9.17) is 4.74 Å². The van der Waals surface area contributed by atoms with Gasteiger partial charge in [0.05, 0.1) is 6.61 Å². The van der Waals surface area contributed by atoms with Crippen molar-refractivity contribution in [2.75, 3.05) is 19.7 Å². The molecule has 4 nitrogen and oxygen atoms in total. The topological polar surface area (TPSA) is 49.8 Å². The van der Waals surface area contributed by atoms with Gasteiger partial charge in [0.2, 0.25) is 0 Å². The van der Waals surface area contributed by atoms with E-state index in [1.807, 2.05) is 0 Å². The maximum Gasteiger partial charge on any atom is 0.338 e. The molecule has 1 saturated heterocycles. The molecule has 0 radical (unpaired) electrons. The van der Waals surface area contributed by atoms with Crippen LogP contribution in [0.25, 0.3) is 0 Å². The van der Waals surface area contributed by atoms with E-state index < -0.39 is 11.6 Å². The van der Waals surface area contributed by atoms with Crippen LogP contribution in [-0.4, -0.2) is 47.3 Å². The summed E-state index contributed by atoms with van der Waals surface area (Å²) < 4.78 is 4.87. The maximum atomic E-state index is 11.5. The fourth-order valence-electron chi connectivity index (χ4n) is 1.88. The molecular formula is C11H21NO3. The van der Waals surface area contributed by atoms with Crippen LogP contribution in [0.15, 0.2) is 0 Å². The lowest BCUT2D eigenvalue weighted by molar-refractivity contribution is -0.170. The average Bonchev–Trinajstić information content (AvgIpc) is 2.18. The zero-order valence-corrected chi connectivity index (χ0v) is 9.82. The molecule has 1 aliphatic rings. The minimum atomic E-state index is -1.25. The summed E-state index contributed by atoms with van der Waals surface area (Å²) in [7, 11) is 0. The van der Waals surface area contributed by atoms with Gasteiger partial charge in [-0.2, -0.15) is 0 Å². The molecule has 1 heterocycles. The largest absolute Gasteiger partial charge is 0.464 e. The fourth-order valence-corrected chi connectivity index (χ4v) is 1.88. The van der Waals surface area contributed by atoms with Crippen molar-refractivity contribution in [2.24, 2.45) is 0 Å². The monoisotopic (exact) mass is 215 g/mol. The van der Waals surface area contributed by atoms with Crippen molar-refractivity contribution in [3.05, 3.63) is 0 Å². The summed E-state index contributed by atoms with van der Waals surface area (Å²) >= 11 is 0.